The Morgan fingerprint density at radius 3 is 1.38 bits per heavy atom. The Morgan fingerprint density at radius 1 is 0.585 bits per heavy atom. The van der Waals surface area contributed by atoms with Crippen LogP contribution in [0.2, 0.25) is 0 Å². The van der Waals surface area contributed by atoms with Gasteiger partial charge in [-0.3, -0.25) is 33.7 Å². The maximum Gasteiger partial charge on any atom is 0.325 e. The Kier molecular flexibility index (Phi) is 27.6. The van der Waals surface area contributed by atoms with E-state index >= 15 is 0 Å². The van der Waals surface area contributed by atoms with Gasteiger partial charge in [0.05, 0.1) is 106 Å². The highest BCUT2D eigenvalue weighted by Gasteiger charge is 2.27. The maximum atomic E-state index is 12.3. The SMILES string of the molecule is CC(C)[C@H](NC(=O)CCOCCOCCOCCOCCOCCOCCOCCOCCNC(=O)CCN1C(=O)C=CC1=O)C(=O)N[C@@H](C)C(=O)O. The molecule has 4 N–H and O–H groups in total. The van der Waals surface area contributed by atoms with Crippen molar-refractivity contribution in [1.82, 2.24) is 20.9 Å². The van der Waals surface area contributed by atoms with Gasteiger partial charge in [0, 0.05) is 38.1 Å². The molecular weight excluding hydrogens is 704 g/mol. The van der Waals surface area contributed by atoms with E-state index in [1.165, 1.54) is 19.1 Å². The lowest BCUT2D eigenvalue weighted by molar-refractivity contribution is -0.142. The average Bonchev–Trinajstić information content (AvgIpc) is 3.44. The topological polar surface area (TPSA) is 236 Å². The molecule has 0 radical (unpaired) electrons. The number of carbonyl (C=O) groups is 6. The zero-order chi connectivity index (χ0) is 39.1. The number of nitrogens with one attached hydrogen (secondary N) is 3. The normalized spacial score (nSPS) is 13.8. The third-order valence-electron chi connectivity index (χ3n) is 7.10. The highest BCUT2D eigenvalue weighted by atomic mass is 16.6. The predicted molar refractivity (Wildman–Crippen MR) is 187 cm³/mol. The molecular formula is C34H58N4O15. The van der Waals surface area contributed by atoms with Crippen LogP contribution in [-0.2, 0) is 66.7 Å². The van der Waals surface area contributed by atoms with Gasteiger partial charge in [0.1, 0.15) is 12.1 Å². The Bertz CT molecular complexity index is 1090. The first kappa shape index (κ1) is 47.5. The maximum absolute atomic E-state index is 12.3. The lowest BCUT2D eigenvalue weighted by Gasteiger charge is -2.23. The van der Waals surface area contributed by atoms with E-state index in [2.05, 4.69) is 16.0 Å². The van der Waals surface area contributed by atoms with Gasteiger partial charge in [-0.1, -0.05) is 13.8 Å². The zero-order valence-corrected chi connectivity index (χ0v) is 31.1. The first-order valence-corrected chi connectivity index (χ1v) is 17.8. The number of hydrogen-bond donors (Lipinski definition) is 4. The number of carbonyl (C=O) groups excluding carboxylic acids is 5. The molecule has 0 fully saturated rings. The molecule has 0 saturated heterocycles. The lowest BCUT2D eigenvalue weighted by atomic mass is 10.0. The molecule has 0 aliphatic carbocycles. The summed E-state index contributed by atoms with van der Waals surface area (Å²) in [6.45, 7) is 11.2. The number of hydrogen-bond acceptors (Lipinski definition) is 14. The van der Waals surface area contributed by atoms with E-state index in [0.29, 0.717) is 99.0 Å². The van der Waals surface area contributed by atoms with Crippen LogP contribution in [0.4, 0.5) is 0 Å². The smallest absolute Gasteiger partial charge is 0.325 e. The summed E-state index contributed by atoms with van der Waals surface area (Å²) < 4.78 is 43.4. The summed E-state index contributed by atoms with van der Waals surface area (Å²) in [5.74, 6) is -3.39. The summed E-state index contributed by atoms with van der Waals surface area (Å²) in [6.07, 6.45) is 2.45. The fourth-order valence-electron chi connectivity index (χ4n) is 4.17. The number of rotatable bonds is 35. The highest BCUT2D eigenvalue weighted by molar-refractivity contribution is 6.13. The minimum atomic E-state index is -1.16. The second-order valence-electron chi connectivity index (χ2n) is 11.8. The van der Waals surface area contributed by atoms with Crippen LogP contribution in [0.15, 0.2) is 12.2 Å². The molecule has 5 amide bonds. The van der Waals surface area contributed by atoms with Crippen LogP contribution in [-0.4, -0.2) is 176 Å². The standard InChI is InChI=1S/C34H58N4O15/c1-26(2)32(33(43)36-27(3)34(44)45)37-29(40)7-10-46-12-14-48-16-18-50-20-22-52-24-25-53-23-21-51-19-17-49-15-13-47-11-8-35-28(39)6-9-38-30(41)4-5-31(38)42/h4-5,26-27,32H,6-25H2,1-3H3,(H,35,39)(H,36,43)(H,37,40)(H,44,45)/t27-,32-/m0/s1. The molecule has 1 aliphatic heterocycles. The van der Waals surface area contributed by atoms with Crippen molar-refractivity contribution in [3.8, 4) is 0 Å². The summed E-state index contributed by atoms with van der Waals surface area (Å²) in [6, 6.07) is -1.91. The Balaban J connectivity index is 1.77. The minimum Gasteiger partial charge on any atom is -0.480 e. The monoisotopic (exact) mass is 762 g/mol. The summed E-state index contributed by atoms with van der Waals surface area (Å²) in [4.78, 5) is 71.1. The van der Waals surface area contributed by atoms with Crippen LogP contribution < -0.4 is 16.0 Å². The van der Waals surface area contributed by atoms with Crippen molar-refractivity contribution in [3.05, 3.63) is 12.2 Å². The summed E-state index contributed by atoms with van der Waals surface area (Å²) in [5, 5.41) is 16.6. The number of amides is 5. The van der Waals surface area contributed by atoms with Crippen LogP contribution in [0.25, 0.3) is 0 Å². The van der Waals surface area contributed by atoms with E-state index in [-0.39, 0.29) is 50.3 Å². The number of nitrogens with zero attached hydrogens (tertiary/aromatic N) is 1. The zero-order valence-electron chi connectivity index (χ0n) is 31.1. The van der Waals surface area contributed by atoms with E-state index in [9.17, 15) is 28.8 Å². The van der Waals surface area contributed by atoms with E-state index < -0.39 is 35.8 Å². The molecule has 1 aliphatic rings. The molecule has 1 rings (SSSR count). The second-order valence-corrected chi connectivity index (χ2v) is 11.8. The van der Waals surface area contributed by atoms with Gasteiger partial charge < -0.3 is 59.0 Å². The van der Waals surface area contributed by atoms with Crippen molar-refractivity contribution >= 4 is 35.5 Å². The molecule has 0 bridgehead atoms. The van der Waals surface area contributed by atoms with Crippen molar-refractivity contribution in [2.75, 3.05) is 119 Å². The molecule has 0 aromatic carbocycles. The van der Waals surface area contributed by atoms with E-state index in [4.69, 9.17) is 43.0 Å². The van der Waals surface area contributed by atoms with Crippen molar-refractivity contribution in [3.63, 3.8) is 0 Å². The molecule has 53 heavy (non-hydrogen) atoms. The number of carboxylic acid groups (broad SMARTS) is 1. The third kappa shape index (κ3) is 25.2. The molecule has 304 valence electrons. The fraction of sp³-hybridized carbons (Fsp3) is 0.765. The Labute approximate surface area is 310 Å². The van der Waals surface area contributed by atoms with Gasteiger partial charge in [-0.2, -0.15) is 0 Å². The van der Waals surface area contributed by atoms with E-state index in [0.717, 1.165) is 4.90 Å². The molecule has 1 heterocycles. The molecule has 0 saturated carbocycles. The van der Waals surface area contributed by atoms with Crippen LogP contribution in [0.5, 0.6) is 0 Å². The van der Waals surface area contributed by atoms with Gasteiger partial charge in [0.15, 0.2) is 0 Å². The Morgan fingerprint density at radius 2 is 0.981 bits per heavy atom. The third-order valence-corrected chi connectivity index (χ3v) is 7.10. The van der Waals surface area contributed by atoms with E-state index in [1.807, 2.05) is 0 Å². The van der Waals surface area contributed by atoms with Crippen molar-refractivity contribution in [2.45, 2.75) is 45.7 Å². The highest BCUT2D eigenvalue weighted by Crippen LogP contribution is 2.05. The van der Waals surface area contributed by atoms with Gasteiger partial charge >= 0.3 is 5.97 Å². The lowest BCUT2D eigenvalue weighted by Crippen LogP contribution is -2.53. The van der Waals surface area contributed by atoms with Gasteiger partial charge in [0.25, 0.3) is 11.8 Å². The van der Waals surface area contributed by atoms with Crippen molar-refractivity contribution in [2.24, 2.45) is 5.92 Å². The average molecular weight is 763 g/mol. The van der Waals surface area contributed by atoms with Crippen LogP contribution in [0.3, 0.4) is 0 Å². The van der Waals surface area contributed by atoms with Gasteiger partial charge in [-0.05, 0) is 12.8 Å². The predicted octanol–water partition coefficient (Wildman–Crippen LogP) is -1.33. The van der Waals surface area contributed by atoms with Crippen molar-refractivity contribution in [1.29, 1.82) is 0 Å². The first-order chi connectivity index (χ1) is 25.5. The van der Waals surface area contributed by atoms with E-state index in [1.54, 1.807) is 13.8 Å². The number of aliphatic carboxylic acids is 1. The van der Waals surface area contributed by atoms with Crippen LogP contribution >= 0.6 is 0 Å². The number of ether oxygens (including phenoxy) is 8. The molecule has 0 aromatic heterocycles. The molecule has 19 heteroatoms. The molecule has 0 unspecified atom stereocenters. The summed E-state index contributed by atoms with van der Waals surface area (Å²) in [5.41, 5.74) is 0. The van der Waals surface area contributed by atoms with Crippen molar-refractivity contribution < 1.29 is 71.8 Å². The molecule has 2 atom stereocenters. The van der Waals surface area contributed by atoms with Gasteiger partial charge in [0.2, 0.25) is 17.7 Å². The van der Waals surface area contributed by atoms with Gasteiger partial charge in [-0.15, -0.1) is 0 Å². The van der Waals surface area contributed by atoms with Crippen LogP contribution in [0, 0.1) is 5.92 Å². The summed E-state index contributed by atoms with van der Waals surface area (Å²) >= 11 is 0. The molecule has 0 spiro atoms. The number of carboxylic acids is 1. The first-order valence-electron chi connectivity index (χ1n) is 17.8. The fourth-order valence-corrected chi connectivity index (χ4v) is 4.17. The second kappa shape index (κ2) is 30.9. The number of imide groups is 1. The molecule has 19 nitrogen and oxygen atoms in total. The summed E-state index contributed by atoms with van der Waals surface area (Å²) in [7, 11) is 0. The molecule has 0 aromatic rings. The minimum absolute atomic E-state index is 0.0388. The Hall–Kier alpha value is -3.56. The quantitative estimate of drug-likeness (QED) is 0.0433. The largest absolute Gasteiger partial charge is 0.480 e. The van der Waals surface area contributed by atoms with Gasteiger partial charge in [-0.25, -0.2) is 0 Å². The van der Waals surface area contributed by atoms with Crippen LogP contribution in [0.1, 0.15) is 33.6 Å².